The highest BCUT2D eigenvalue weighted by molar-refractivity contribution is 5.77. The van der Waals surface area contributed by atoms with Crippen molar-refractivity contribution >= 4 is 29.6 Å². The summed E-state index contributed by atoms with van der Waals surface area (Å²) < 4.78 is 112. The number of rotatable bonds is 35. The average molecular weight is 1890 g/mol. The molecule has 746 valence electrons. The van der Waals surface area contributed by atoms with Crippen molar-refractivity contribution in [2.45, 2.75) is 346 Å². The van der Waals surface area contributed by atoms with E-state index in [1.807, 2.05) is 0 Å². The second-order valence-corrected chi connectivity index (χ2v) is 32.5. The summed E-state index contributed by atoms with van der Waals surface area (Å²) in [6.07, 6.45) is -97.7. The molecule has 0 bridgehead atoms. The van der Waals surface area contributed by atoms with Gasteiger partial charge >= 0.3 is 5.97 Å². The fourth-order valence-corrected chi connectivity index (χ4v) is 16.6. The third kappa shape index (κ3) is 23.5. The van der Waals surface area contributed by atoms with Gasteiger partial charge in [0, 0.05) is 34.1 Å². The molecular formula is C71H119N5O53. The van der Waals surface area contributed by atoms with Gasteiger partial charge in [-0.2, -0.15) is 0 Å². The van der Waals surface area contributed by atoms with E-state index in [2.05, 4.69) is 21.3 Å². The van der Waals surface area contributed by atoms with Gasteiger partial charge in [0.15, 0.2) is 56.6 Å². The molecule has 0 spiro atoms. The molecule has 0 aliphatic carbocycles. The highest BCUT2D eigenvalue weighted by atomic mass is 16.8. The first-order valence-electron chi connectivity index (χ1n) is 40.9. The minimum atomic E-state index is -3.07. The molecule has 51 atom stereocenters. The zero-order valence-electron chi connectivity index (χ0n) is 69.0. The van der Waals surface area contributed by atoms with Crippen LogP contribution in [0, 0.1) is 0 Å². The molecule has 10 rings (SSSR count). The van der Waals surface area contributed by atoms with E-state index in [1.54, 1.807) is 0 Å². The molecule has 35 N–H and O–H groups in total. The fourth-order valence-electron chi connectivity index (χ4n) is 16.6. The number of aliphatic hydroxyl groups excluding tert-OH is 28. The van der Waals surface area contributed by atoms with Gasteiger partial charge in [-0.15, -0.1) is 0 Å². The van der Waals surface area contributed by atoms with Gasteiger partial charge in [-0.1, -0.05) is 0 Å². The van der Waals surface area contributed by atoms with Crippen LogP contribution < -0.4 is 27.0 Å². The van der Waals surface area contributed by atoms with Crippen LogP contribution in [0.25, 0.3) is 0 Å². The summed E-state index contributed by atoms with van der Waals surface area (Å²) in [4.78, 5) is 63.3. The van der Waals surface area contributed by atoms with Gasteiger partial charge in [0.25, 0.3) is 5.79 Å². The first-order valence-corrected chi connectivity index (χ1v) is 40.9. The summed E-state index contributed by atoms with van der Waals surface area (Å²) in [6.45, 7) is -7.76. The Morgan fingerprint density at radius 2 is 0.674 bits per heavy atom. The Labute approximate surface area is 729 Å². The number of nitrogens with one attached hydrogen (secondary N) is 4. The lowest BCUT2D eigenvalue weighted by molar-refractivity contribution is -0.399. The van der Waals surface area contributed by atoms with E-state index in [1.165, 1.54) is 0 Å². The topological polar surface area (TPSA) is 922 Å². The molecule has 58 nitrogen and oxygen atoms in total. The predicted molar refractivity (Wildman–Crippen MR) is 395 cm³/mol. The SMILES string of the molecule is CC(=O)N[C@@H]1[C@H](O[C@@H]2[C@@H](O[C@@H]3[C@H](O)[C@H](O[C@H]4[C@H](O)[C@@H](NC(C)=O)[C@H](O[C@H]5[C@H](O)[C@@H](NC(C)=O)[C@H](O)O[C@@H]5CO)O[C@@H]4CO)O[C@H](CO[C@H]4O[C@H](CO)[C@@H](O)[C@H](O)[C@@H]4O[C@@H]4O[C@H](CO)[C@@H](O[C@@H]5O[C@H](CO[C@]6(C(=O)O)C[C@H](O)[C@@H](NC(C)=O)[C@H]([C@H](O)[C@H](O)CO)O6)[C@H](O)[C@H](O)[C@H]5O)[C@H](O)[C@H]4N)[C@H]3O)O[C@H](CO)[C@@H](O)[C@@H]2O)O[C@H](CO)[C@@H](O[C@@H]2O[C@H](CO)[C@H](O)[C@H](O)[C@H]2O)[C@@H]1O. The van der Waals surface area contributed by atoms with Crippen LogP contribution in [0.15, 0.2) is 0 Å². The lowest BCUT2D eigenvalue weighted by Gasteiger charge is -2.51. The number of hydrogen-bond acceptors (Lipinski definition) is 53. The Morgan fingerprint density at radius 1 is 0.341 bits per heavy atom. The first-order chi connectivity index (χ1) is 60.9. The Balaban J connectivity index is 0.932. The number of carboxylic acids is 1. The summed E-state index contributed by atoms with van der Waals surface area (Å²) in [6, 6.07) is -9.30. The number of carbonyl (C=O) groups excluding carboxylic acids is 4. The second-order valence-electron chi connectivity index (χ2n) is 32.5. The number of amides is 4. The third-order valence-electron chi connectivity index (χ3n) is 23.5. The van der Waals surface area contributed by atoms with Crippen LogP contribution in [0.4, 0.5) is 0 Å². The van der Waals surface area contributed by atoms with Crippen LogP contribution in [0.2, 0.25) is 0 Å². The number of aliphatic carboxylic acids is 1. The van der Waals surface area contributed by atoms with E-state index >= 15 is 0 Å². The molecule has 0 unspecified atom stereocenters. The molecule has 10 aliphatic rings. The molecular weight excluding hydrogens is 1770 g/mol. The summed E-state index contributed by atoms with van der Waals surface area (Å²) in [5.74, 6) is -8.69. The van der Waals surface area contributed by atoms with Gasteiger partial charge in [0.05, 0.1) is 84.3 Å². The van der Waals surface area contributed by atoms with Gasteiger partial charge in [-0.05, 0) is 0 Å². The Morgan fingerprint density at radius 3 is 1.12 bits per heavy atom. The van der Waals surface area contributed by atoms with Crippen LogP contribution in [0.3, 0.4) is 0 Å². The summed E-state index contributed by atoms with van der Waals surface area (Å²) >= 11 is 0. The molecule has 10 aliphatic heterocycles. The van der Waals surface area contributed by atoms with E-state index in [0.717, 1.165) is 27.7 Å². The maximum absolute atomic E-state index is 13.1. The molecule has 0 radical (unpaired) electrons. The van der Waals surface area contributed by atoms with E-state index in [4.69, 9.17) is 95.7 Å². The monoisotopic (exact) mass is 1890 g/mol. The van der Waals surface area contributed by atoms with Crippen molar-refractivity contribution in [2.24, 2.45) is 5.73 Å². The predicted octanol–water partition coefficient (Wildman–Crippen LogP) is -23.1. The summed E-state index contributed by atoms with van der Waals surface area (Å²) in [7, 11) is 0. The summed E-state index contributed by atoms with van der Waals surface area (Å²) in [5.41, 5.74) is 6.51. The van der Waals surface area contributed by atoms with Crippen molar-refractivity contribution in [3.8, 4) is 0 Å². The molecule has 10 fully saturated rings. The molecule has 0 saturated carbocycles. The van der Waals surface area contributed by atoms with E-state index in [0.29, 0.717) is 0 Å². The lowest BCUT2D eigenvalue weighted by Crippen LogP contribution is -2.71. The van der Waals surface area contributed by atoms with Gasteiger partial charge in [-0.3, -0.25) is 19.2 Å². The zero-order chi connectivity index (χ0) is 95.3. The molecule has 129 heavy (non-hydrogen) atoms. The molecule has 0 aromatic rings. The Kier molecular flexibility index (Phi) is 38.0. The van der Waals surface area contributed by atoms with E-state index in [9.17, 15) is 172 Å². The molecule has 4 amide bonds. The highest BCUT2D eigenvalue weighted by Crippen LogP contribution is 2.42. The third-order valence-corrected chi connectivity index (χ3v) is 23.5. The van der Waals surface area contributed by atoms with Crippen molar-refractivity contribution in [1.29, 1.82) is 0 Å². The number of carboxylic acid groups (broad SMARTS) is 1. The molecule has 58 heteroatoms. The van der Waals surface area contributed by atoms with Gasteiger partial charge in [-0.25, -0.2) is 4.79 Å². The van der Waals surface area contributed by atoms with Crippen molar-refractivity contribution in [1.82, 2.24) is 21.3 Å². The fraction of sp³-hybridized carbons (Fsp3) is 0.930. The Bertz CT molecular complexity index is 3550. The second kappa shape index (κ2) is 46.1. The smallest absolute Gasteiger partial charge is 0.364 e. The number of carbonyl (C=O) groups is 5. The van der Waals surface area contributed by atoms with E-state index in [-0.39, 0.29) is 0 Å². The number of nitrogens with two attached hydrogens (primary N) is 1. The number of hydrogen-bond donors (Lipinski definition) is 34. The highest BCUT2D eigenvalue weighted by Gasteiger charge is 2.63. The standard InChI is InChI=1S/C71H119N5O53/c1-16(85)73-32-20(89)5-71(70(109)110,129-57(32)36(91)21(90)6-77)112-15-30-40(95)47(102)51(106)66(121-30)123-53-26(11-82)117-62(31(72)42(53)97)127-59-48(103)38(93)23(8-79)115-68(59)111-14-29-41(96)58(52(107)67(120-29)125-56-28(13-84)118-63(34(44(56)99)75-18(3)87)122-54-25(10-81)113-61(108)33(43(54)98)74-17(2)86)126-69-60(49(104)39(94)24(9-80)116-69)128-64-35(76-19(4)88)45(100)55(27(12-83)119-64)124-65-50(105)46(101)37(92)22(7-78)114-65/h20-69,77-84,89-108H,5-15,72H2,1-4H3,(H,73,85)(H,74,86)(H,75,87)(H,76,88)(H,109,110)/t20-,21+,22+,23+,24+,25+,26+,27+,28+,29+,30+,31+,32+,33+,34+,35-,36+,37-,38+,39+,40-,41+,42+,43+,44+,45+,46-,47-,48-,49-,50+,51+,52-,53+,54+,55+,56+,57+,58-,59-,60-,61+,62-,63-,64-,65-,66-,67-,68-,69+,71+/m0/s1. The van der Waals surface area contributed by atoms with Crippen LogP contribution in [-0.4, -0.2) is 556 Å². The maximum Gasteiger partial charge on any atom is 0.364 e. The normalized spacial score (nSPS) is 48.1. The average Bonchev–Trinajstić information content (AvgIpc) is 0.768. The van der Waals surface area contributed by atoms with Crippen molar-refractivity contribution in [3.05, 3.63) is 0 Å². The van der Waals surface area contributed by atoms with Gasteiger partial charge in [0.1, 0.15) is 232 Å². The van der Waals surface area contributed by atoms with E-state index < -0.39 is 414 Å². The minimum absolute atomic E-state index is 0.807. The first kappa shape index (κ1) is 106. The van der Waals surface area contributed by atoms with Crippen LogP contribution in [-0.2, 0) is 114 Å². The van der Waals surface area contributed by atoms with Crippen LogP contribution in [0.1, 0.15) is 34.1 Å². The van der Waals surface area contributed by atoms with Crippen LogP contribution in [0.5, 0.6) is 0 Å². The minimum Gasteiger partial charge on any atom is -0.477 e. The molecule has 0 aromatic heterocycles. The zero-order valence-corrected chi connectivity index (χ0v) is 69.0. The Hall–Kier alpha value is -4.57. The van der Waals surface area contributed by atoms with Crippen molar-refractivity contribution < 1.29 is 262 Å². The number of ether oxygens (including phenoxy) is 19. The lowest BCUT2D eigenvalue weighted by atomic mass is 9.88. The van der Waals surface area contributed by atoms with Crippen LogP contribution >= 0.6 is 0 Å². The molecule has 0 aromatic carbocycles. The quantitative estimate of drug-likeness (QED) is 0.0280. The van der Waals surface area contributed by atoms with Gasteiger partial charge < -0.3 is 265 Å². The van der Waals surface area contributed by atoms with Crippen molar-refractivity contribution in [2.75, 3.05) is 66.1 Å². The number of aliphatic hydroxyl groups is 28. The maximum atomic E-state index is 13.1. The van der Waals surface area contributed by atoms with Gasteiger partial charge in [0.2, 0.25) is 23.6 Å². The van der Waals surface area contributed by atoms with Crippen molar-refractivity contribution in [3.63, 3.8) is 0 Å². The largest absolute Gasteiger partial charge is 0.477 e. The molecule has 10 heterocycles. The molecule has 10 saturated heterocycles. The summed E-state index contributed by atoms with van der Waals surface area (Å²) in [5, 5.41) is 332.